The number of rotatable bonds is 2. The molecule has 1 unspecified atom stereocenters. The summed E-state index contributed by atoms with van der Waals surface area (Å²) in [5, 5.41) is 0. The van der Waals surface area contributed by atoms with Crippen LogP contribution >= 0.6 is 0 Å². The van der Waals surface area contributed by atoms with Gasteiger partial charge in [-0.15, -0.1) is 0 Å². The van der Waals surface area contributed by atoms with E-state index in [1.807, 2.05) is 6.07 Å². The zero-order valence-electron chi connectivity index (χ0n) is 12.6. The van der Waals surface area contributed by atoms with Crippen molar-refractivity contribution in [3.8, 4) is 22.6 Å². The Kier molecular flexibility index (Phi) is 3.84. The lowest BCUT2D eigenvalue weighted by atomic mass is 9.97. The first kappa shape index (κ1) is 14.0. The van der Waals surface area contributed by atoms with Crippen LogP contribution in [0.5, 0.6) is 11.5 Å². The van der Waals surface area contributed by atoms with Crippen LogP contribution in [0.25, 0.3) is 11.1 Å². The molecule has 3 rings (SSSR count). The van der Waals surface area contributed by atoms with Gasteiger partial charge in [-0.1, -0.05) is 36.8 Å². The van der Waals surface area contributed by atoms with Crippen LogP contribution in [0.2, 0.25) is 0 Å². The van der Waals surface area contributed by atoms with E-state index in [1.165, 1.54) is 11.1 Å². The minimum atomic E-state index is 0.402. The van der Waals surface area contributed by atoms with E-state index < -0.39 is 0 Å². The molecule has 0 saturated carbocycles. The van der Waals surface area contributed by atoms with E-state index in [0.717, 1.165) is 22.6 Å². The predicted molar refractivity (Wildman–Crippen MR) is 84.7 cm³/mol. The normalized spacial score (nSPS) is 17.4. The molecule has 3 nitrogen and oxygen atoms in total. The van der Waals surface area contributed by atoms with Crippen molar-refractivity contribution < 1.29 is 9.47 Å². The Bertz CT molecular complexity index is 652. The van der Waals surface area contributed by atoms with Gasteiger partial charge in [0.2, 0.25) is 0 Å². The van der Waals surface area contributed by atoms with Gasteiger partial charge in [0.1, 0.15) is 0 Å². The van der Waals surface area contributed by atoms with Crippen molar-refractivity contribution in [2.45, 2.75) is 20.4 Å². The van der Waals surface area contributed by atoms with Gasteiger partial charge >= 0.3 is 0 Å². The fraction of sp³-hybridized carbons (Fsp3) is 0.333. The van der Waals surface area contributed by atoms with Crippen LogP contribution in [0.3, 0.4) is 0 Å². The van der Waals surface area contributed by atoms with Gasteiger partial charge in [-0.25, -0.2) is 0 Å². The molecule has 0 radical (unpaired) electrons. The molecule has 1 aliphatic rings. The first-order valence-corrected chi connectivity index (χ1v) is 7.37. The Morgan fingerprint density at radius 3 is 2.57 bits per heavy atom. The molecule has 1 aliphatic heterocycles. The zero-order valence-corrected chi connectivity index (χ0v) is 12.6. The standard InChI is InChI=1S/C18H21NO2/c1-12-3-4-15(9-19)16(7-12)14-5-6-17-18(8-14)21-11-13(2)10-20-17/h3-8,13H,9-11,19H2,1-2H3. The quantitative estimate of drug-likeness (QED) is 0.917. The molecule has 0 spiro atoms. The largest absolute Gasteiger partial charge is 0.489 e. The Morgan fingerprint density at radius 2 is 1.81 bits per heavy atom. The summed E-state index contributed by atoms with van der Waals surface area (Å²) >= 11 is 0. The third-order valence-electron chi connectivity index (χ3n) is 3.79. The summed E-state index contributed by atoms with van der Waals surface area (Å²) in [7, 11) is 0. The van der Waals surface area contributed by atoms with Gasteiger partial charge in [0.15, 0.2) is 11.5 Å². The maximum atomic E-state index is 5.87. The van der Waals surface area contributed by atoms with Crippen LogP contribution < -0.4 is 15.2 Å². The second kappa shape index (κ2) is 5.78. The Morgan fingerprint density at radius 1 is 1.05 bits per heavy atom. The summed E-state index contributed by atoms with van der Waals surface area (Å²) in [5.41, 5.74) is 10.5. The van der Waals surface area contributed by atoms with Crippen LogP contribution in [-0.4, -0.2) is 13.2 Å². The minimum absolute atomic E-state index is 0.402. The van der Waals surface area contributed by atoms with Crippen LogP contribution in [-0.2, 0) is 6.54 Å². The Hall–Kier alpha value is -2.00. The number of nitrogens with two attached hydrogens (primary N) is 1. The molecule has 0 aliphatic carbocycles. The third-order valence-corrected chi connectivity index (χ3v) is 3.79. The van der Waals surface area contributed by atoms with E-state index in [-0.39, 0.29) is 0 Å². The fourth-order valence-corrected chi connectivity index (χ4v) is 2.56. The van der Waals surface area contributed by atoms with Crippen molar-refractivity contribution >= 4 is 0 Å². The van der Waals surface area contributed by atoms with E-state index in [1.54, 1.807) is 0 Å². The summed E-state index contributed by atoms with van der Waals surface area (Å²) in [4.78, 5) is 0. The van der Waals surface area contributed by atoms with Crippen molar-refractivity contribution in [2.75, 3.05) is 13.2 Å². The molecule has 0 amide bonds. The van der Waals surface area contributed by atoms with Crippen molar-refractivity contribution in [3.63, 3.8) is 0 Å². The van der Waals surface area contributed by atoms with Gasteiger partial charge in [-0.05, 0) is 35.7 Å². The first-order chi connectivity index (χ1) is 10.2. The van der Waals surface area contributed by atoms with Gasteiger partial charge in [0.05, 0.1) is 13.2 Å². The number of hydrogen-bond acceptors (Lipinski definition) is 3. The maximum absolute atomic E-state index is 5.87. The highest BCUT2D eigenvalue weighted by atomic mass is 16.5. The van der Waals surface area contributed by atoms with Crippen LogP contribution in [0, 0.1) is 12.8 Å². The minimum Gasteiger partial charge on any atom is -0.489 e. The summed E-state index contributed by atoms with van der Waals surface area (Å²) in [6, 6.07) is 12.5. The predicted octanol–water partition coefficient (Wildman–Crippen LogP) is 3.53. The van der Waals surface area contributed by atoms with E-state index in [2.05, 4.69) is 44.2 Å². The Balaban J connectivity index is 2.03. The second-order valence-corrected chi connectivity index (χ2v) is 5.75. The molecule has 110 valence electrons. The average Bonchev–Trinajstić information content (AvgIpc) is 2.69. The van der Waals surface area contributed by atoms with E-state index in [4.69, 9.17) is 15.2 Å². The topological polar surface area (TPSA) is 44.5 Å². The molecule has 2 aromatic rings. The van der Waals surface area contributed by atoms with Crippen molar-refractivity contribution in [1.29, 1.82) is 0 Å². The zero-order chi connectivity index (χ0) is 14.8. The lowest BCUT2D eigenvalue weighted by Crippen LogP contribution is -2.12. The molecule has 21 heavy (non-hydrogen) atoms. The Labute approximate surface area is 125 Å². The van der Waals surface area contributed by atoms with Crippen molar-refractivity contribution in [3.05, 3.63) is 47.5 Å². The molecule has 0 bridgehead atoms. The molecule has 2 N–H and O–H groups in total. The lowest BCUT2D eigenvalue weighted by molar-refractivity contribution is 0.228. The number of hydrogen-bond donors (Lipinski definition) is 1. The van der Waals surface area contributed by atoms with Gasteiger partial charge in [-0.2, -0.15) is 0 Å². The second-order valence-electron chi connectivity index (χ2n) is 5.75. The first-order valence-electron chi connectivity index (χ1n) is 7.37. The fourth-order valence-electron chi connectivity index (χ4n) is 2.56. The summed E-state index contributed by atoms with van der Waals surface area (Å²) in [6.45, 7) is 6.13. The van der Waals surface area contributed by atoms with Gasteiger partial charge < -0.3 is 15.2 Å². The van der Waals surface area contributed by atoms with Crippen LogP contribution in [0.1, 0.15) is 18.1 Å². The van der Waals surface area contributed by atoms with Gasteiger partial charge in [-0.3, -0.25) is 0 Å². The molecule has 0 fully saturated rings. The monoisotopic (exact) mass is 283 g/mol. The maximum Gasteiger partial charge on any atom is 0.161 e. The number of benzene rings is 2. The molecule has 0 saturated heterocycles. The summed E-state index contributed by atoms with van der Waals surface area (Å²) in [5.74, 6) is 2.05. The number of ether oxygens (including phenoxy) is 2. The van der Waals surface area contributed by atoms with E-state index in [9.17, 15) is 0 Å². The smallest absolute Gasteiger partial charge is 0.161 e. The average molecular weight is 283 g/mol. The summed E-state index contributed by atoms with van der Waals surface area (Å²) in [6.07, 6.45) is 0. The molecule has 1 heterocycles. The van der Waals surface area contributed by atoms with Crippen LogP contribution in [0.4, 0.5) is 0 Å². The van der Waals surface area contributed by atoms with Gasteiger partial charge in [0.25, 0.3) is 0 Å². The highest BCUT2D eigenvalue weighted by Gasteiger charge is 2.16. The highest BCUT2D eigenvalue weighted by molar-refractivity contribution is 5.71. The molecule has 3 heteroatoms. The SMILES string of the molecule is Cc1ccc(CN)c(-c2ccc3c(c2)OCC(C)CO3)c1. The van der Waals surface area contributed by atoms with E-state index in [0.29, 0.717) is 25.7 Å². The molecular formula is C18H21NO2. The highest BCUT2D eigenvalue weighted by Crippen LogP contribution is 2.36. The molecule has 1 atom stereocenters. The van der Waals surface area contributed by atoms with Crippen molar-refractivity contribution in [2.24, 2.45) is 11.7 Å². The summed E-state index contributed by atoms with van der Waals surface area (Å²) < 4.78 is 11.7. The number of aryl methyl sites for hydroxylation is 1. The molecular weight excluding hydrogens is 262 g/mol. The lowest BCUT2D eigenvalue weighted by Gasteiger charge is -2.12. The van der Waals surface area contributed by atoms with Gasteiger partial charge in [0, 0.05) is 12.5 Å². The molecule has 2 aromatic carbocycles. The van der Waals surface area contributed by atoms with Crippen LogP contribution in [0.15, 0.2) is 36.4 Å². The van der Waals surface area contributed by atoms with E-state index >= 15 is 0 Å². The molecule has 0 aromatic heterocycles. The van der Waals surface area contributed by atoms with Crippen molar-refractivity contribution in [1.82, 2.24) is 0 Å². The third kappa shape index (κ3) is 2.88. The number of fused-ring (bicyclic) bond motifs is 1.